The number of aliphatic hydroxyl groups is 1. The third-order valence-corrected chi connectivity index (χ3v) is 7.34. The second kappa shape index (κ2) is 13.0. The van der Waals surface area contributed by atoms with Crippen molar-refractivity contribution in [3.8, 4) is 23.5 Å². The quantitative estimate of drug-likeness (QED) is 0.568. The largest absolute Gasteiger partial charge is 0.497 e. The van der Waals surface area contributed by atoms with Crippen molar-refractivity contribution in [3.63, 3.8) is 0 Å². The van der Waals surface area contributed by atoms with Crippen molar-refractivity contribution in [2.24, 2.45) is 11.8 Å². The fourth-order valence-corrected chi connectivity index (χ4v) is 4.85. The van der Waals surface area contributed by atoms with E-state index in [1.807, 2.05) is 38.1 Å². The van der Waals surface area contributed by atoms with Crippen molar-refractivity contribution >= 4 is 11.8 Å². The summed E-state index contributed by atoms with van der Waals surface area (Å²) in [4.78, 5) is 34.6. The van der Waals surface area contributed by atoms with Crippen LogP contribution in [0.5, 0.6) is 11.6 Å². The summed E-state index contributed by atoms with van der Waals surface area (Å²) in [7, 11) is 3.39. The average Bonchev–Trinajstić information content (AvgIpc) is 2.97. The number of likely N-dealkylation sites (N-methyl/N-ethyl adjacent to an activating group) is 1. The number of hydrogen-bond donors (Lipinski definition) is 1. The van der Waals surface area contributed by atoms with Gasteiger partial charge in [0.25, 0.3) is 5.91 Å². The van der Waals surface area contributed by atoms with Gasteiger partial charge < -0.3 is 29.1 Å². The van der Waals surface area contributed by atoms with Crippen molar-refractivity contribution in [2.75, 3.05) is 47.1 Å². The van der Waals surface area contributed by atoms with Crippen molar-refractivity contribution in [1.82, 2.24) is 14.8 Å². The smallest absolute Gasteiger partial charge is 0.259 e. The van der Waals surface area contributed by atoms with Crippen molar-refractivity contribution in [1.29, 1.82) is 0 Å². The van der Waals surface area contributed by atoms with Gasteiger partial charge in [-0.1, -0.05) is 24.8 Å². The van der Waals surface area contributed by atoms with Gasteiger partial charge in [-0.05, 0) is 44.0 Å². The Bertz CT molecular complexity index is 1230. The first-order valence-electron chi connectivity index (χ1n) is 13.4. The summed E-state index contributed by atoms with van der Waals surface area (Å²) in [5.74, 6) is 6.69. The van der Waals surface area contributed by atoms with E-state index in [1.165, 1.54) is 0 Å². The molecule has 1 aromatic carbocycles. The van der Waals surface area contributed by atoms with E-state index in [-0.39, 0.29) is 41.7 Å². The minimum absolute atomic E-state index is 0.0591. The maximum absolute atomic E-state index is 13.6. The first-order chi connectivity index (χ1) is 18.8. The second-order valence-corrected chi connectivity index (χ2v) is 10.3. The van der Waals surface area contributed by atoms with Crippen molar-refractivity contribution < 1.29 is 28.9 Å². The predicted molar refractivity (Wildman–Crippen MR) is 146 cm³/mol. The molecule has 0 bridgehead atoms. The van der Waals surface area contributed by atoms with Gasteiger partial charge in [-0.15, -0.1) is 0 Å². The normalized spacial score (nSPS) is 20.4. The molecule has 0 aliphatic carbocycles. The highest BCUT2D eigenvalue weighted by molar-refractivity contribution is 5.97. The minimum Gasteiger partial charge on any atom is -0.497 e. The average molecular weight is 536 g/mol. The highest BCUT2D eigenvalue weighted by Gasteiger charge is 2.35. The molecule has 2 aliphatic heterocycles. The van der Waals surface area contributed by atoms with Crippen molar-refractivity contribution in [3.05, 3.63) is 53.2 Å². The van der Waals surface area contributed by atoms with Gasteiger partial charge in [0, 0.05) is 56.0 Å². The molecule has 0 spiro atoms. The lowest BCUT2D eigenvalue weighted by Crippen LogP contribution is -2.51. The molecule has 1 fully saturated rings. The number of pyridine rings is 1. The van der Waals surface area contributed by atoms with Crippen LogP contribution in [0.2, 0.25) is 0 Å². The summed E-state index contributed by atoms with van der Waals surface area (Å²) >= 11 is 0. The number of benzene rings is 1. The lowest BCUT2D eigenvalue weighted by atomic mass is 9.97. The molecule has 3 atom stereocenters. The number of amides is 2. The number of hydrogen-bond acceptors (Lipinski definition) is 7. The molecule has 2 aliphatic rings. The summed E-state index contributed by atoms with van der Waals surface area (Å²) in [5.41, 5.74) is 1.61. The SMILES string of the molecule is COc1cccc(C#Cc2cnc3c(c2)C(=O)N([C@@H](C)CO)C[C@@H](C)[C@H](CN(C)C(=O)C2CCOCC2)O3)c1. The standard InChI is InChI=1S/C30H37N3O6/c1-20-17-33(21(2)19-34)30(36)26-15-23(9-8-22-6-5-7-25(14-22)37-4)16-31-28(26)39-27(20)18-32(3)29(35)24-10-12-38-13-11-24/h5-7,14-16,20-21,24,27,34H,10-13,17-19H2,1-4H3/t20-,21+,27+/m1/s1. The molecular formula is C30H37N3O6. The Morgan fingerprint density at radius 2 is 2.00 bits per heavy atom. The summed E-state index contributed by atoms with van der Waals surface area (Å²) < 4.78 is 17.0. The van der Waals surface area contributed by atoms with Crippen LogP contribution in [0.4, 0.5) is 0 Å². The van der Waals surface area contributed by atoms with E-state index < -0.39 is 12.1 Å². The number of methoxy groups -OCH3 is 1. The van der Waals surface area contributed by atoms with Crippen LogP contribution in [0.15, 0.2) is 36.5 Å². The highest BCUT2D eigenvalue weighted by Crippen LogP contribution is 2.28. The van der Waals surface area contributed by atoms with Gasteiger partial charge in [-0.2, -0.15) is 0 Å². The zero-order valence-electron chi connectivity index (χ0n) is 23.1. The van der Waals surface area contributed by atoms with Crippen LogP contribution in [-0.2, 0) is 9.53 Å². The maximum atomic E-state index is 13.6. The topological polar surface area (TPSA) is 101 Å². The molecule has 208 valence electrons. The van der Waals surface area contributed by atoms with Gasteiger partial charge in [0.15, 0.2) is 0 Å². The van der Waals surface area contributed by atoms with Crippen LogP contribution in [-0.4, -0.2) is 90.9 Å². The number of fused-ring (bicyclic) bond motifs is 1. The number of rotatable bonds is 6. The molecule has 1 N–H and O–H groups in total. The molecule has 2 aromatic rings. The van der Waals surface area contributed by atoms with Crippen LogP contribution in [0.25, 0.3) is 0 Å². The molecular weight excluding hydrogens is 498 g/mol. The van der Waals surface area contributed by atoms with E-state index in [0.717, 1.165) is 5.56 Å². The first-order valence-corrected chi connectivity index (χ1v) is 13.4. The molecule has 0 unspecified atom stereocenters. The molecule has 0 radical (unpaired) electrons. The van der Waals surface area contributed by atoms with E-state index in [0.29, 0.717) is 50.5 Å². The number of aliphatic hydroxyl groups excluding tert-OH is 1. The van der Waals surface area contributed by atoms with E-state index in [2.05, 4.69) is 16.8 Å². The van der Waals surface area contributed by atoms with Gasteiger partial charge in [-0.25, -0.2) is 4.98 Å². The predicted octanol–water partition coefficient (Wildman–Crippen LogP) is 2.60. The Labute approximate surface area is 230 Å². The fraction of sp³-hybridized carbons (Fsp3) is 0.500. The molecule has 9 heteroatoms. The van der Waals surface area contributed by atoms with E-state index in [4.69, 9.17) is 14.2 Å². The zero-order chi connectivity index (χ0) is 27.9. The van der Waals surface area contributed by atoms with E-state index in [1.54, 1.807) is 36.2 Å². The Kier molecular flexibility index (Phi) is 9.44. The summed E-state index contributed by atoms with van der Waals surface area (Å²) in [6.07, 6.45) is 2.61. The zero-order valence-corrected chi connectivity index (χ0v) is 23.1. The molecule has 39 heavy (non-hydrogen) atoms. The van der Waals surface area contributed by atoms with Crippen LogP contribution < -0.4 is 9.47 Å². The third-order valence-electron chi connectivity index (χ3n) is 7.34. The molecule has 1 saturated heterocycles. The molecule has 1 aromatic heterocycles. The lowest BCUT2D eigenvalue weighted by molar-refractivity contribution is -0.138. The van der Waals surface area contributed by atoms with Crippen molar-refractivity contribution in [2.45, 2.75) is 38.8 Å². The van der Waals surface area contributed by atoms with Gasteiger partial charge in [-0.3, -0.25) is 9.59 Å². The molecule has 2 amide bonds. The van der Waals surface area contributed by atoms with Gasteiger partial charge in [0.05, 0.1) is 26.3 Å². The molecule has 4 rings (SSSR count). The fourth-order valence-electron chi connectivity index (χ4n) is 4.85. The molecule has 3 heterocycles. The van der Waals surface area contributed by atoms with Gasteiger partial charge >= 0.3 is 0 Å². The van der Waals surface area contributed by atoms with Crippen LogP contribution in [0.3, 0.4) is 0 Å². The van der Waals surface area contributed by atoms with Crippen LogP contribution >= 0.6 is 0 Å². The minimum atomic E-state index is -0.403. The van der Waals surface area contributed by atoms with E-state index in [9.17, 15) is 14.7 Å². The molecule has 0 saturated carbocycles. The Balaban J connectivity index is 1.62. The summed E-state index contributed by atoms with van der Waals surface area (Å²) in [6, 6.07) is 8.69. The number of carbonyl (C=O) groups excluding carboxylic acids is 2. The Hall–Kier alpha value is -3.61. The summed E-state index contributed by atoms with van der Waals surface area (Å²) in [6.45, 7) is 5.52. The highest BCUT2D eigenvalue weighted by atomic mass is 16.5. The Morgan fingerprint density at radius 1 is 1.26 bits per heavy atom. The van der Waals surface area contributed by atoms with E-state index >= 15 is 0 Å². The number of aromatic nitrogens is 1. The van der Waals surface area contributed by atoms with Gasteiger partial charge in [0.1, 0.15) is 17.4 Å². The maximum Gasteiger partial charge on any atom is 0.259 e. The monoisotopic (exact) mass is 535 g/mol. The Morgan fingerprint density at radius 3 is 2.72 bits per heavy atom. The summed E-state index contributed by atoms with van der Waals surface area (Å²) in [5, 5.41) is 9.90. The lowest BCUT2D eigenvalue weighted by Gasteiger charge is -2.38. The third kappa shape index (κ3) is 6.88. The number of nitrogens with zero attached hydrogens (tertiary/aromatic N) is 3. The number of carbonyl (C=O) groups is 2. The molecule has 9 nitrogen and oxygen atoms in total. The van der Waals surface area contributed by atoms with Crippen LogP contribution in [0, 0.1) is 23.7 Å². The van der Waals surface area contributed by atoms with Gasteiger partial charge in [0.2, 0.25) is 11.8 Å². The van der Waals surface area contributed by atoms with Crippen LogP contribution in [0.1, 0.15) is 48.2 Å². The number of ether oxygens (including phenoxy) is 3. The second-order valence-electron chi connectivity index (χ2n) is 10.3. The first kappa shape index (κ1) is 28.4.